The first-order chi connectivity index (χ1) is 13.9. The molecular formula is C20H22FN3O5. The van der Waals surface area contributed by atoms with E-state index in [-0.39, 0.29) is 24.6 Å². The van der Waals surface area contributed by atoms with Gasteiger partial charge in [0.2, 0.25) is 5.75 Å². The van der Waals surface area contributed by atoms with Gasteiger partial charge in [-0.15, -0.1) is 0 Å². The maximum absolute atomic E-state index is 13.4. The minimum absolute atomic E-state index is 0.106. The van der Waals surface area contributed by atoms with E-state index in [2.05, 4.69) is 10.3 Å². The number of hydrogen-bond acceptors (Lipinski definition) is 6. The van der Waals surface area contributed by atoms with Gasteiger partial charge in [0, 0.05) is 32.6 Å². The van der Waals surface area contributed by atoms with E-state index in [1.54, 1.807) is 19.1 Å². The van der Waals surface area contributed by atoms with Crippen molar-refractivity contribution in [3.8, 4) is 5.75 Å². The molecule has 1 aromatic carbocycles. The van der Waals surface area contributed by atoms with Crippen molar-refractivity contribution < 1.29 is 23.8 Å². The average molecular weight is 403 g/mol. The first kappa shape index (κ1) is 19.5. The highest BCUT2D eigenvalue weighted by molar-refractivity contribution is 5.94. The van der Waals surface area contributed by atoms with Crippen molar-refractivity contribution in [3.05, 3.63) is 57.0 Å². The van der Waals surface area contributed by atoms with Crippen molar-refractivity contribution in [2.75, 3.05) is 19.8 Å². The van der Waals surface area contributed by atoms with Crippen LogP contribution in [0.3, 0.4) is 0 Å². The molecule has 154 valence electrons. The highest BCUT2D eigenvalue weighted by Crippen LogP contribution is 2.37. The van der Waals surface area contributed by atoms with Crippen molar-refractivity contribution in [3.63, 3.8) is 0 Å². The van der Waals surface area contributed by atoms with E-state index in [0.717, 1.165) is 0 Å². The number of aryl methyl sites for hydroxylation is 1. The normalized spacial score (nSPS) is 17.7. The Morgan fingerprint density at radius 3 is 2.83 bits per heavy atom. The number of hydrogen-bond donors (Lipinski definition) is 2. The molecule has 4 rings (SSSR count). The second kappa shape index (κ2) is 7.57. The molecule has 0 saturated carbocycles. The van der Waals surface area contributed by atoms with Gasteiger partial charge in [-0.1, -0.05) is 12.1 Å². The number of halogens is 1. The summed E-state index contributed by atoms with van der Waals surface area (Å²) in [5, 5.41) is 12.9. The van der Waals surface area contributed by atoms with Gasteiger partial charge in [-0.05, 0) is 24.1 Å². The Hall–Kier alpha value is -2.78. The summed E-state index contributed by atoms with van der Waals surface area (Å²) < 4.78 is 26.1. The van der Waals surface area contributed by atoms with Gasteiger partial charge in [-0.25, -0.2) is 9.37 Å². The van der Waals surface area contributed by atoms with E-state index < -0.39 is 22.8 Å². The average Bonchev–Trinajstić information content (AvgIpc) is 2.72. The zero-order valence-corrected chi connectivity index (χ0v) is 16.0. The summed E-state index contributed by atoms with van der Waals surface area (Å²) in [6.45, 7) is 3.24. The fraction of sp³-hybridized carbons (Fsp3) is 0.450. The van der Waals surface area contributed by atoms with E-state index in [1.165, 1.54) is 10.6 Å². The van der Waals surface area contributed by atoms with Crippen LogP contribution in [0.15, 0.2) is 23.0 Å². The molecule has 29 heavy (non-hydrogen) atoms. The van der Waals surface area contributed by atoms with Crippen molar-refractivity contribution >= 4 is 5.91 Å². The molecule has 8 nitrogen and oxygen atoms in total. The Balaban J connectivity index is 1.64. The number of nitrogens with one attached hydrogen (secondary N) is 1. The van der Waals surface area contributed by atoms with Crippen LogP contribution in [-0.2, 0) is 28.2 Å². The lowest BCUT2D eigenvalue weighted by atomic mass is 9.91. The third-order valence-corrected chi connectivity index (χ3v) is 5.44. The molecule has 0 unspecified atom stereocenters. The molecule has 1 fully saturated rings. The van der Waals surface area contributed by atoms with Gasteiger partial charge in [0.15, 0.2) is 5.69 Å². The molecule has 1 spiro atoms. The van der Waals surface area contributed by atoms with Gasteiger partial charge >= 0.3 is 0 Å². The summed E-state index contributed by atoms with van der Waals surface area (Å²) in [5.74, 6) is -1.36. The van der Waals surface area contributed by atoms with Gasteiger partial charge in [0.25, 0.3) is 11.5 Å². The molecule has 3 heterocycles. The fourth-order valence-electron chi connectivity index (χ4n) is 3.81. The Morgan fingerprint density at radius 2 is 2.10 bits per heavy atom. The van der Waals surface area contributed by atoms with Gasteiger partial charge in [-0.3, -0.25) is 14.2 Å². The smallest absolute Gasteiger partial charge is 0.296 e. The number of carbonyl (C=O) groups excluding carboxylic acids is 1. The van der Waals surface area contributed by atoms with Gasteiger partial charge in [0.05, 0.1) is 13.2 Å². The zero-order valence-electron chi connectivity index (χ0n) is 16.0. The molecule has 0 atom stereocenters. The standard InChI is InChI=1S/C20H22FN3O5/c1-12-10-13(2-3-14(12)21)11-22-17(26)15-16(25)18(27)24-6-9-29-20(19(24)23-15)4-7-28-8-5-20/h2-3,10,25H,4-9,11H2,1H3,(H,22,26). The predicted molar refractivity (Wildman–Crippen MR) is 100 cm³/mol. The number of ether oxygens (including phenoxy) is 2. The third kappa shape index (κ3) is 3.51. The van der Waals surface area contributed by atoms with Crippen LogP contribution in [0, 0.1) is 12.7 Å². The molecule has 1 amide bonds. The molecule has 2 aliphatic heterocycles. The summed E-state index contributed by atoms with van der Waals surface area (Å²) in [5.41, 5.74) is -0.644. The summed E-state index contributed by atoms with van der Waals surface area (Å²) in [7, 11) is 0. The van der Waals surface area contributed by atoms with Crippen LogP contribution in [0.2, 0.25) is 0 Å². The monoisotopic (exact) mass is 403 g/mol. The maximum Gasteiger partial charge on any atom is 0.296 e. The largest absolute Gasteiger partial charge is 0.501 e. The van der Waals surface area contributed by atoms with Crippen molar-refractivity contribution in [1.29, 1.82) is 0 Å². The quantitative estimate of drug-likeness (QED) is 0.802. The SMILES string of the molecule is Cc1cc(CNC(=O)c2nc3n(c(=O)c2O)CCOC32CCOCC2)ccc1F. The number of carbonyl (C=O) groups is 1. The van der Waals surface area contributed by atoms with E-state index >= 15 is 0 Å². The maximum atomic E-state index is 13.4. The molecule has 0 aliphatic carbocycles. The Labute approximate surface area is 166 Å². The molecule has 2 N–H and O–H groups in total. The molecule has 2 aromatic rings. The number of nitrogens with zero attached hydrogens (tertiary/aromatic N) is 2. The number of aromatic nitrogens is 2. The lowest BCUT2D eigenvalue weighted by Crippen LogP contribution is -2.48. The van der Waals surface area contributed by atoms with E-state index in [1.807, 2.05) is 0 Å². The summed E-state index contributed by atoms with van der Waals surface area (Å²) in [6, 6.07) is 4.50. The predicted octanol–water partition coefficient (Wildman–Crippen LogP) is 1.36. The topological polar surface area (TPSA) is 103 Å². The van der Waals surface area contributed by atoms with E-state index in [4.69, 9.17) is 9.47 Å². The lowest BCUT2D eigenvalue weighted by molar-refractivity contribution is -0.139. The molecule has 1 aromatic heterocycles. The second-order valence-corrected chi connectivity index (χ2v) is 7.31. The molecule has 1 saturated heterocycles. The van der Waals surface area contributed by atoms with Crippen LogP contribution in [0.5, 0.6) is 5.75 Å². The minimum Gasteiger partial charge on any atom is -0.501 e. The number of rotatable bonds is 3. The van der Waals surface area contributed by atoms with Crippen molar-refractivity contribution in [1.82, 2.24) is 14.9 Å². The van der Waals surface area contributed by atoms with Crippen LogP contribution in [-0.4, -0.2) is 40.4 Å². The molecule has 9 heteroatoms. The summed E-state index contributed by atoms with van der Waals surface area (Å²) in [6.07, 6.45) is 1.03. The minimum atomic E-state index is -0.799. The van der Waals surface area contributed by atoms with Crippen molar-refractivity contribution in [2.45, 2.75) is 38.5 Å². The van der Waals surface area contributed by atoms with Crippen LogP contribution < -0.4 is 10.9 Å². The summed E-state index contributed by atoms with van der Waals surface area (Å²) >= 11 is 0. The number of benzene rings is 1. The number of fused-ring (bicyclic) bond motifs is 2. The first-order valence-corrected chi connectivity index (χ1v) is 9.50. The highest BCUT2D eigenvalue weighted by Gasteiger charge is 2.43. The van der Waals surface area contributed by atoms with Crippen molar-refractivity contribution in [2.24, 2.45) is 0 Å². The number of amides is 1. The molecular weight excluding hydrogens is 381 g/mol. The Bertz CT molecular complexity index is 1010. The van der Waals surface area contributed by atoms with Crippen LogP contribution in [0.4, 0.5) is 4.39 Å². The van der Waals surface area contributed by atoms with Crippen LogP contribution >= 0.6 is 0 Å². The lowest BCUT2D eigenvalue weighted by Gasteiger charge is -2.40. The molecule has 0 radical (unpaired) electrons. The van der Waals surface area contributed by atoms with E-state index in [9.17, 15) is 19.1 Å². The first-order valence-electron chi connectivity index (χ1n) is 9.50. The van der Waals surface area contributed by atoms with Gasteiger partial charge < -0.3 is 19.9 Å². The third-order valence-electron chi connectivity index (χ3n) is 5.44. The van der Waals surface area contributed by atoms with Crippen LogP contribution in [0.25, 0.3) is 0 Å². The zero-order chi connectivity index (χ0) is 20.6. The molecule has 2 aliphatic rings. The Morgan fingerprint density at radius 1 is 1.34 bits per heavy atom. The van der Waals surface area contributed by atoms with E-state index in [0.29, 0.717) is 49.6 Å². The summed E-state index contributed by atoms with van der Waals surface area (Å²) in [4.78, 5) is 29.7. The Kier molecular flexibility index (Phi) is 5.10. The van der Waals surface area contributed by atoms with Crippen LogP contribution in [0.1, 0.15) is 40.3 Å². The number of aromatic hydroxyl groups is 1. The highest BCUT2D eigenvalue weighted by atomic mass is 19.1. The fourth-order valence-corrected chi connectivity index (χ4v) is 3.81. The molecule has 0 bridgehead atoms. The second-order valence-electron chi connectivity index (χ2n) is 7.31. The van der Waals surface area contributed by atoms with Gasteiger partial charge in [-0.2, -0.15) is 0 Å². The van der Waals surface area contributed by atoms with Gasteiger partial charge in [0.1, 0.15) is 17.2 Å².